The van der Waals surface area contributed by atoms with Crippen molar-refractivity contribution in [3.05, 3.63) is 70.7 Å². The summed E-state index contributed by atoms with van der Waals surface area (Å²) in [6, 6.07) is 12.3. The lowest BCUT2D eigenvalue weighted by Gasteiger charge is -2.37. The summed E-state index contributed by atoms with van der Waals surface area (Å²) < 4.78 is 46.0. The molecule has 1 aliphatic carbocycles. The Balaban J connectivity index is 1.67. The molecule has 3 amide bonds. The Hall–Kier alpha value is -3.79. The number of nitrogens with one attached hydrogen (secondary N) is 3. The molecular formula is C27H25ClF3N3O4. The van der Waals surface area contributed by atoms with Crippen LogP contribution in [0.3, 0.4) is 0 Å². The summed E-state index contributed by atoms with van der Waals surface area (Å²) in [5.74, 6) is -1.15. The number of amides is 3. The SMILES string of the molecule is CC(=O)OC1(NC(=O)c2cc3ccccc3cc2NC(=O)Nc2c(Cl)cccc2C(F)(F)F)CCCCC1. The van der Waals surface area contributed by atoms with Crippen LogP contribution in [0.2, 0.25) is 5.02 Å². The van der Waals surface area contributed by atoms with Gasteiger partial charge in [-0.05, 0) is 47.9 Å². The van der Waals surface area contributed by atoms with Crippen LogP contribution in [-0.2, 0) is 15.7 Å². The van der Waals surface area contributed by atoms with E-state index in [2.05, 4.69) is 16.0 Å². The third-order valence-electron chi connectivity index (χ3n) is 6.28. The molecule has 1 fully saturated rings. The van der Waals surface area contributed by atoms with E-state index < -0.39 is 41.1 Å². The normalized spacial score (nSPS) is 15.0. The molecule has 0 heterocycles. The zero-order valence-electron chi connectivity index (χ0n) is 20.4. The van der Waals surface area contributed by atoms with Crippen LogP contribution in [0.25, 0.3) is 10.8 Å². The highest BCUT2D eigenvalue weighted by Gasteiger charge is 2.38. The van der Waals surface area contributed by atoms with Gasteiger partial charge in [0.1, 0.15) is 0 Å². The predicted molar refractivity (Wildman–Crippen MR) is 138 cm³/mol. The maximum Gasteiger partial charge on any atom is 0.418 e. The summed E-state index contributed by atoms with van der Waals surface area (Å²) in [6.45, 7) is 1.26. The van der Waals surface area contributed by atoms with E-state index in [1.807, 2.05) is 0 Å². The van der Waals surface area contributed by atoms with Crippen LogP contribution in [0.1, 0.15) is 54.9 Å². The Morgan fingerprint density at radius 2 is 1.58 bits per heavy atom. The number of para-hydroxylation sites is 1. The van der Waals surface area contributed by atoms with Crippen LogP contribution in [0.15, 0.2) is 54.6 Å². The van der Waals surface area contributed by atoms with Gasteiger partial charge >= 0.3 is 18.2 Å². The average Bonchev–Trinajstić information content (AvgIpc) is 2.84. The maximum atomic E-state index is 13.5. The van der Waals surface area contributed by atoms with Gasteiger partial charge in [0, 0.05) is 19.8 Å². The fourth-order valence-corrected chi connectivity index (χ4v) is 4.83. The standard InChI is InChI=1S/C27H25ClF3N3O4/c1-16(35)38-26(12-5-2-6-13-26)34-24(36)19-14-17-8-3-4-9-18(17)15-22(19)32-25(37)33-23-20(27(29,30)31)10-7-11-21(23)28/h3-4,7-11,14-15H,2,5-6,12-13H2,1H3,(H,34,36)(H2,32,33,37). The molecule has 3 aromatic carbocycles. The summed E-state index contributed by atoms with van der Waals surface area (Å²) in [4.78, 5) is 38.2. The van der Waals surface area contributed by atoms with Crippen molar-refractivity contribution in [2.75, 3.05) is 10.6 Å². The van der Waals surface area contributed by atoms with E-state index in [0.29, 0.717) is 23.6 Å². The molecular weight excluding hydrogens is 523 g/mol. The average molecular weight is 548 g/mol. The van der Waals surface area contributed by atoms with E-state index in [1.54, 1.807) is 36.4 Å². The first kappa shape index (κ1) is 27.3. The van der Waals surface area contributed by atoms with E-state index in [9.17, 15) is 27.6 Å². The number of carbonyl (C=O) groups is 3. The summed E-state index contributed by atoms with van der Waals surface area (Å²) >= 11 is 5.96. The zero-order valence-corrected chi connectivity index (χ0v) is 21.1. The lowest BCUT2D eigenvalue weighted by Crippen LogP contribution is -2.52. The molecule has 38 heavy (non-hydrogen) atoms. The van der Waals surface area contributed by atoms with Gasteiger partial charge in [-0.3, -0.25) is 9.59 Å². The molecule has 11 heteroatoms. The first-order valence-electron chi connectivity index (χ1n) is 12.0. The van der Waals surface area contributed by atoms with E-state index in [0.717, 1.165) is 31.4 Å². The number of rotatable bonds is 5. The minimum absolute atomic E-state index is 0.0474. The number of hydrogen-bond acceptors (Lipinski definition) is 4. The molecule has 0 spiro atoms. The van der Waals surface area contributed by atoms with Gasteiger partial charge in [-0.1, -0.05) is 48.4 Å². The van der Waals surface area contributed by atoms with Crippen LogP contribution in [0.4, 0.5) is 29.3 Å². The third kappa shape index (κ3) is 6.19. The summed E-state index contributed by atoms with van der Waals surface area (Å²) in [5, 5.41) is 8.54. The smallest absolute Gasteiger partial charge is 0.418 e. The number of urea groups is 1. The molecule has 0 atom stereocenters. The van der Waals surface area contributed by atoms with Crippen molar-refractivity contribution in [1.82, 2.24) is 5.32 Å². The number of benzene rings is 3. The van der Waals surface area contributed by atoms with Gasteiger partial charge in [0.25, 0.3) is 5.91 Å². The monoisotopic (exact) mass is 547 g/mol. The fourth-order valence-electron chi connectivity index (χ4n) is 4.61. The molecule has 4 rings (SSSR count). The molecule has 0 radical (unpaired) electrons. The number of ether oxygens (including phenoxy) is 1. The first-order valence-corrected chi connectivity index (χ1v) is 12.3. The van der Waals surface area contributed by atoms with E-state index in [1.165, 1.54) is 13.0 Å². The quantitative estimate of drug-likeness (QED) is 0.234. The molecule has 0 bridgehead atoms. The highest BCUT2D eigenvalue weighted by Crippen LogP contribution is 2.38. The van der Waals surface area contributed by atoms with Crippen molar-refractivity contribution in [2.45, 2.75) is 50.9 Å². The van der Waals surface area contributed by atoms with Gasteiger partial charge in [-0.25, -0.2) is 4.79 Å². The molecule has 0 saturated heterocycles. The number of alkyl halides is 3. The second kappa shape index (κ2) is 10.9. The fraction of sp³-hybridized carbons (Fsp3) is 0.296. The summed E-state index contributed by atoms with van der Waals surface area (Å²) in [6.07, 6.45) is -1.46. The summed E-state index contributed by atoms with van der Waals surface area (Å²) in [5.41, 5.74) is -2.82. The Kier molecular flexibility index (Phi) is 7.82. The van der Waals surface area contributed by atoms with E-state index in [4.69, 9.17) is 16.3 Å². The zero-order chi connectivity index (χ0) is 27.5. The van der Waals surface area contributed by atoms with Crippen molar-refractivity contribution >= 4 is 51.7 Å². The lowest BCUT2D eigenvalue weighted by molar-refractivity contribution is -0.163. The molecule has 7 nitrogen and oxygen atoms in total. The number of fused-ring (bicyclic) bond motifs is 1. The third-order valence-corrected chi connectivity index (χ3v) is 6.59. The molecule has 0 unspecified atom stereocenters. The molecule has 0 aliphatic heterocycles. The Bertz CT molecular complexity index is 1390. The van der Waals surface area contributed by atoms with Gasteiger partial charge in [-0.2, -0.15) is 13.2 Å². The van der Waals surface area contributed by atoms with Crippen molar-refractivity contribution in [1.29, 1.82) is 0 Å². The van der Waals surface area contributed by atoms with Crippen LogP contribution in [0.5, 0.6) is 0 Å². The van der Waals surface area contributed by atoms with Gasteiger partial charge in [0.2, 0.25) is 0 Å². The Morgan fingerprint density at radius 3 is 2.21 bits per heavy atom. The molecule has 3 N–H and O–H groups in total. The van der Waals surface area contributed by atoms with Crippen LogP contribution in [-0.4, -0.2) is 23.6 Å². The number of esters is 1. The van der Waals surface area contributed by atoms with E-state index in [-0.39, 0.29) is 16.3 Å². The van der Waals surface area contributed by atoms with Crippen molar-refractivity contribution < 1.29 is 32.3 Å². The lowest BCUT2D eigenvalue weighted by atomic mass is 9.91. The molecule has 200 valence electrons. The second-order valence-electron chi connectivity index (χ2n) is 9.09. The molecule has 0 aromatic heterocycles. The van der Waals surface area contributed by atoms with Gasteiger partial charge < -0.3 is 20.7 Å². The van der Waals surface area contributed by atoms with Crippen molar-refractivity contribution in [3.63, 3.8) is 0 Å². The highest BCUT2D eigenvalue weighted by molar-refractivity contribution is 6.34. The first-order chi connectivity index (χ1) is 18.0. The number of halogens is 4. The maximum absolute atomic E-state index is 13.5. The summed E-state index contributed by atoms with van der Waals surface area (Å²) in [7, 11) is 0. The topological polar surface area (TPSA) is 96.5 Å². The molecule has 3 aromatic rings. The van der Waals surface area contributed by atoms with Crippen molar-refractivity contribution in [2.24, 2.45) is 0 Å². The number of hydrogen-bond donors (Lipinski definition) is 3. The molecule has 1 aliphatic rings. The van der Waals surface area contributed by atoms with Crippen LogP contribution in [0, 0.1) is 0 Å². The van der Waals surface area contributed by atoms with Crippen LogP contribution >= 0.6 is 11.6 Å². The van der Waals surface area contributed by atoms with E-state index >= 15 is 0 Å². The Morgan fingerprint density at radius 1 is 0.921 bits per heavy atom. The predicted octanol–water partition coefficient (Wildman–Crippen LogP) is 7.11. The highest BCUT2D eigenvalue weighted by atomic mass is 35.5. The largest absolute Gasteiger partial charge is 0.439 e. The van der Waals surface area contributed by atoms with Gasteiger partial charge in [-0.15, -0.1) is 0 Å². The molecule has 1 saturated carbocycles. The van der Waals surface area contributed by atoms with Gasteiger partial charge in [0.05, 0.1) is 27.5 Å². The van der Waals surface area contributed by atoms with Crippen molar-refractivity contribution in [3.8, 4) is 0 Å². The minimum Gasteiger partial charge on any atom is -0.439 e. The number of carbonyl (C=O) groups excluding carboxylic acids is 3. The minimum atomic E-state index is -4.76. The Labute approximate surface area is 221 Å². The van der Waals surface area contributed by atoms with Gasteiger partial charge in [0.15, 0.2) is 5.72 Å². The van der Waals surface area contributed by atoms with Crippen LogP contribution < -0.4 is 16.0 Å². The second-order valence-corrected chi connectivity index (χ2v) is 9.49. The number of anilines is 2.